The van der Waals surface area contributed by atoms with Gasteiger partial charge in [0, 0.05) is 42.6 Å². The van der Waals surface area contributed by atoms with E-state index in [1.165, 1.54) is 30.2 Å². The molecule has 0 spiro atoms. The van der Waals surface area contributed by atoms with Crippen LogP contribution < -0.4 is 5.32 Å². The second-order valence-corrected chi connectivity index (χ2v) is 8.59. The van der Waals surface area contributed by atoms with Crippen LogP contribution in [0.4, 0.5) is 5.69 Å². The third-order valence-electron chi connectivity index (χ3n) is 5.29. The standard InChI is InChI=1S/C22H30N2O2S/c1-3-26-17-22(11-10-21-5-4-14-27-21)12-13-24(16-22)15-19-6-8-20(9-7-19)23-18(2)25/h4-9,14H,3,10-13,15-17H2,1-2H3,(H,23,25)/t22-/m1/s1. The first-order valence-corrected chi connectivity index (χ1v) is 10.7. The molecule has 1 N–H and O–H groups in total. The zero-order chi connectivity index (χ0) is 19.1. The van der Waals surface area contributed by atoms with Crippen LogP contribution in [0.2, 0.25) is 0 Å². The maximum atomic E-state index is 11.2. The van der Waals surface area contributed by atoms with Gasteiger partial charge in [-0.2, -0.15) is 0 Å². The van der Waals surface area contributed by atoms with E-state index in [9.17, 15) is 4.79 Å². The molecule has 1 atom stereocenters. The molecular weight excluding hydrogens is 356 g/mol. The quantitative estimate of drug-likeness (QED) is 0.686. The molecule has 4 nitrogen and oxygen atoms in total. The average Bonchev–Trinajstić information content (AvgIpc) is 3.30. The molecule has 1 aromatic heterocycles. The molecule has 1 saturated heterocycles. The Morgan fingerprint density at radius 1 is 1.30 bits per heavy atom. The molecule has 146 valence electrons. The monoisotopic (exact) mass is 386 g/mol. The Kier molecular flexibility index (Phi) is 7.05. The van der Waals surface area contributed by atoms with Gasteiger partial charge in [0.25, 0.3) is 0 Å². The Balaban J connectivity index is 1.58. The first-order valence-electron chi connectivity index (χ1n) is 9.78. The summed E-state index contributed by atoms with van der Waals surface area (Å²) in [6.07, 6.45) is 3.53. The van der Waals surface area contributed by atoms with E-state index in [0.29, 0.717) is 0 Å². The van der Waals surface area contributed by atoms with Crippen molar-refractivity contribution in [2.45, 2.75) is 39.7 Å². The van der Waals surface area contributed by atoms with Gasteiger partial charge in [0.2, 0.25) is 5.91 Å². The van der Waals surface area contributed by atoms with E-state index >= 15 is 0 Å². The average molecular weight is 387 g/mol. The highest BCUT2D eigenvalue weighted by Gasteiger charge is 2.37. The van der Waals surface area contributed by atoms with Crippen LogP contribution in [0.15, 0.2) is 41.8 Å². The molecular formula is C22H30N2O2S. The fraction of sp³-hybridized carbons (Fsp3) is 0.500. The van der Waals surface area contributed by atoms with Crippen LogP contribution in [0.1, 0.15) is 37.1 Å². The summed E-state index contributed by atoms with van der Waals surface area (Å²) in [4.78, 5) is 15.2. The van der Waals surface area contributed by atoms with Crippen molar-refractivity contribution in [3.63, 3.8) is 0 Å². The van der Waals surface area contributed by atoms with E-state index in [0.717, 1.165) is 45.0 Å². The number of amides is 1. The maximum absolute atomic E-state index is 11.2. The van der Waals surface area contributed by atoms with Crippen molar-refractivity contribution in [1.29, 1.82) is 0 Å². The Hall–Kier alpha value is -1.69. The van der Waals surface area contributed by atoms with E-state index < -0.39 is 0 Å². The zero-order valence-corrected chi connectivity index (χ0v) is 17.2. The molecule has 3 rings (SSSR count). The molecule has 2 heterocycles. The fourth-order valence-electron chi connectivity index (χ4n) is 3.87. The van der Waals surface area contributed by atoms with Crippen LogP contribution in [-0.2, 0) is 22.5 Å². The summed E-state index contributed by atoms with van der Waals surface area (Å²) >= 11 is 1.85. The Morgan fingerprint density at radius 3 is 2.78 bits per heavy atom. The lowest BCUT2D eigenvalue weighted by Gasteiger charge is -2.29. The summed E-state index contributed by atoms with van der Waals surface area (Å²) in [5, 5.41) is 4.99. The van der Waals surface area contributed by atoms with Crippen molar-refractivity contribution in [3.8, 4) is 0 Å². The lowest BCUT2D eigenvalue weighted by Crippen LogP contribution is -2.32. The number of carbonyl (C=O) groups is 1. The minimum Gasteiger partial charge on any atom is -0.381 e. The number of anilines is 1. The predicted octanol–water partition coefficient (Wildman–Crippen LogP) is 4.57. The van der Waals surface area contributed by atoms with Gasteiger partial charge in [0.15, 0.2) is 0 Å². The molecule has 27 heavy (non-hydrogen) atoms. The number of likely N-dealkylation sites (tertiary alicyclic amines) is 1. The number of ether oxygens (including phenoxy) is 1. The third kappa shape index (κ3) is 5.89. The first kappa shape index (κ1) is 20.1. The highest BCUT2D eigenvalue weighted by molar-refractivity contribution is 7.09. The lowest BCUT2D eigenvalue weighted by molar-refractivity contribution is -0.114. The summed E-state index contributed by atoms with van der Waals surface area (Å²) in [5.74, 6) is -0.0336. The second-order valence-electron chi connectivity index (χ2n) is 7.56. The van der Waals surface area contributed by atoms with Crippen LogP contribution in [0.3, 0.4) is 0 Å². The Labute approximate surface area is 166 Å². The lowest BCUT2D eigenvalue weighted by atomic mass is 9.83. The smallest absolute Gasteiger partial charge is 0.221 e. The van der Waals surface area contributed by atoms with Crippen molar-refractivity contribution in [2.24, 2.45) is 5.41 Å². The molecule has 1 aliphatic heterocycles. The predicted molar refractivity (Wildman–Crippen MR) is 112 cm³/mol. The van der Waals surface area contributed by atoms with Crippen molar-refractivity contribution < 1.29 is 9.53 Å². The highest BCUT2D eigenvalue weighted by atomic mass is 32.1. The van der Waals surface area contributed by atoms with Crippen molar-refractivity contribution in [3.05, 3.63) is 52.2 Å². The molecule has 0 saturated carbocycles. The minimum absolute atomic E-state index is 0.0336. The molecule has 1 fully saturated rings. The largest absolute Gasteiger partial charge is 0.381 e. The molecule has 0 bridgehead atoms. The number of hydrogen-bond donors (Lipinski definition) is 1. The third-order valence-corrected chi connectivity index (χ3v) is 6.23. The maximum Gasteiger partial charge on any atom is 0.221 e. The molecule has 0 radical (unpaired) electrons. The van der Waals surface area contributed by atoms with Crippen LogP contribution >= 0.6 is 11.3 Å². The van der Waals surface area contributed by atoms with E-state index in [-0.39, 0.29) is 11.3 Å². The molecule has 2 aromatic rings. The van der Waals surface area contributed by atoms with E-state index in [2.05, 4.69) is 46.8 Å². The number of hydrogen-bond acceptors (Lipinski definition) is 4. The highest BCUT2D eigenvalue weighted by Crippen LogP contribution is 2.37. The topological polar surface area (TPSA) is 41.6 Å². The number of aryl methyl sites for hydroxylation is 1. The molecule has 0 unspecified atom stereocenters. The van der Waals surface area contributed by atoms with Gasteiger partial charge in [-0.25, -0.2) is 0 Å². The Morgan fingerprint density at radius 2 is 2.11 bits per heavy atom. The van der Waals surface area contributed by atoms with E-state index in [1.54, 1.807) is 0 Å². The zero-order valence-electron chi connectivity index (χ0n) is 16.4. The van der Waals surface area contributed by atoms with Gasteiger partial charge in [-0.15, -0.1) is 11.3 Å². The van der Waals surface area contributed by atoms with Gasteiger partial charge in [0.1, 0.15) is 0 Å². The van der Waals surface area contributed by atoms with Gasteiger partial charge in [-0.3, -0.25) is 9.69 Å². The molecule has 5 heteroatoms. The van der Waals surface area contributed by atoms with Gasteiger partial charge < -0.3 is 10.1 Å². The first-order chi connectivity index (χ1) is 13.1. The van der Waals surface area contributed by atoms with Crippen molar-refractivity contribution in [1.82, 2.24) is 4.90 Å². The molecule has 1 aromatic carbocycles. The van der Waals surface area contributed by atoms with Crippen molar-refractivity contribution >= 4 is 22.9 Å². The van der Waals surface area contributed by atoms with Crippen LogP contribution in [0.25, 0.3) is 0 Å². The number of rotatable bonds is 9. The van der Waals surface area contributed by atoms with Gasteiger partial charge in [0.05, 0.1) is 6.61 Å². The summed E-state index contributed by atoms with van der Waals surface area (Å²) < 4.78 is 5.88. The number of nitrogens with zero attached hydrogens (tertiary/aromatic N) is 1. The van der Waals surface area contributed by atoms with Gasteiger partial charge in [-0.05, 0) is 61.9 Å². The van der Waals surface area contributed by atoms with E-state index in [4.69, 9.17) is 4.74 Å². The molecule has 1 aliphatic rings. The Bertz CT molecular complexity index is 714. The minimum atomic E-state index is -0.0336. The second kappa shape index (κ2) is 9.49. The number of thiophene rings is 1. The van der Waals surface area contributed by atoms with Gasteiger partial charge in [-0.1, -0.05) is 18.2 Å². The summed E-state index contributed by atoms with van der Waals surface area (Å²) in [6, 6.07) is 12.6. The van der Waals surface area contributed by atoms with E-state index in [1.807, 2.05) is 23.5 Å². The fourth-order valence-corrected chi connectivity index (χ4v) is 4.58. The van der Waals surface area contributed by atoms with Crippen LogP contribution in [-0.4, -0.2) is 37.1 Å². The van der Waals surface area contributed by atoms with Gasteiger partial charge >= 0.3 is 0 Å². The summed E-state index contributed by atoms with van der Waals surface area (Å²) in [7, 11) is 0. The van der Waals surface area contributed by atoms with Crippen LogP contribution in [0.5, 0.6) is 0 Å². The number of benzene rings is 1. The normalized spacial score (nSPS) is 20.1. The molecule has 0 aliphatic carbocycles. The molecule has 1 amide bonds. The SMILES string of the molecule is CCOC[C@]1(CCc2cccs2)CCN(Cc2ccc(NC(C)=O)cc2)C1. The summed E-state index contributed by atoms with van der Waals surface area (Å²) in [6.45, 7) is 8.41. The summed E-state index contributed by atoms with van der Waals surface area (Å²) in [5.41, 5.74) is 2.40. The van der Waals surface area contributed by atoms with Crippen LogP contribution in [0, 0.1) is 5.41 Å². The number of carbonyl (C=O) groups excluding carboxylic acids is 1. The van der Waals surface area contributed by atoms with Crippen molar-refractivity contribution in [2.75, 3.05) is 31.6 Å². The number of nitrogens with one attached hydrogen (secondary N) is 1.